The summed E-state index contributed by atoms with van der Waals surface area (Å²) in [6.45, 7) is 9.70. The summed E-state index contributed by atoms with van der Waals surface area (Å²) in [6, 6.07) is 7.44. The van der Waals surface area contributed by atoms with Crippen molar-refractivity contribution in [2.24, 2.45) is 5.92 Å². The fraction of sp³-hybridized carbons (Fsp3) is 0.458. The zero-order valence-electron chi connectivity index (χ0n) is 20.3. The molecule has 1 aromatic carbocycles. The van der Waals surface area contributed by atoms with Crippen LogP contribution in [0.25, 0.3) is 0 Å². The van der Waals surface area contributed by atoms with Gasteiger partial charge in [0, 0.05) is 42.7 Å². The van der Waals surface area contributed by atoms with E-state index in [1.165, 1.54) is 31.2 Å². The predicted molar refractivity (Wildman–Crippen MR) is 129 cm³/mol. The van der Waals surface area contributed by atoms with E-state index in [9.17, 15) is 22.8 Å². The number of carbonyl (C=O) groups excluding carboxylic acids is 3. The minimum Gasteiger partial charge on any atom is -0.457 e. The summed E-state index contributed by atoms with van der Waals surface area (Å²) in [5, 5.41) is 2.55. The molecule has 2 N–H and O–H groups in total. The molecule has 0 aliphatic heterocycles. The van der Waals surface area contributed by atoms with Crippen LogP contribution in [-0.4, -0.2) is 43.8 Å². The molecule has 0 aliphatic carbocycles. The van der Waals surface area contributed by atoms with Crippen LogP contribution in [0.2, 0.25) is 0 Å². The number of carbonyl (C=O) groups is 3. The van der Waals surface area contributed by atoms with Crippen LogP contribution in [0.4, 0.5) is 5.69 Å². The SMILES string of the molecule is CC(=O)Nc1ccc(S(=O)(=O)NCCC(=O)OCC(=O)c2cc(C)n(CCC(C)C)c2C)cc1. The first-order valence-corrected chi connectivity index (χ1v) is 12.6. The van der Waals surface area contributed by atoms with E-state index in [0.29, 0.717) is 17.2 Å². The molecule has 0 spiro atoms. The Labute approximate surface area is 200 Å². The van der Waals surface area contributed by atoms with Crippen LogP contribution in [-0.2, 0) is 30.9 Å². The van der Waals surface area contributed by atoms with Gasteiger partial charge in [-0.3, -0.25) is 14.4 Å². The van der Waals surface area contributed by atoms with Crippen molar-refractivity contribution in [3.8, 4) is 0 Å². The number of benzene rings is 1. The number of ether oxygens (including phenoxy) is 1. The summed E-state index contributed by atoms with van der Waals surface area (Å²) in [7, 11) is -3.83. The first-order valence-electron chi connectivity index (χ1n) is 11.1. The van der Waals surface area contributed by atoms with Gasteiger partial charge < -0.3 is 14.6 Å². The summed E-state index contributed by atoms with van der Waals surface area (Å²) < 4.78 is 34.2. The number of ketones is 1. The Kier molecular flexibility index (Phi) is 9.57. The molecule has 0 atom stereocenters. The molecule has 9 nitrogen and oxygen atoms in total. The van der Waals surface area contributed by atoms with Crippen LogP contribution in [0, 0.1) is 19.8 Å². The standard InChI is InChI=1S/C24H33N3O6S/c1-16(2)11-13-27-17(3)14-22(18(27)4)23(29)15-33-24(30)10-12-25-34(31,32)21-8-6-20(7-9-21)26-19(5)28/h6-9,14,16,25H,10-13,15H2,1-5H3,(H,26,28). The van der Waals surface area contributed by atoms with Gasteiger partial charge in [-0.05, 0) is 56.5 Å². The van der Waals surface area contributed by atoms with Crippen LogP contribution in [0.5, 0.6) is 0 Å². The van der Waals surface area contributed by atoms with Crippen molar-refractivity contribution >= 4 is 33.4 Å². The van der Waals surface area contributed by atoms with Crippen molar-refractivity contribution in [3.05, 3.63) is 47.3 Å². The van der Waals surface area contributed by atoms with Crippen molar-refractivity contribution < 1.29 is 27.5 Å². The van der Waals surface area contributed by atoms with Gasteiger partial charge in [-0.15, -0.1) is 0 Å². The number of sulfonamides is 1. The average molecular weight is 492 g/mol. The summed E-state index contributed by atoms with van der Waals surface area (Å²) in [5.74, 6) is -0.690. The number of esters is 1. The van der Waals surface area contributed by atoms with Gasteiger partial charge in [-0.25, -0.2) is 13.1 Å². The smallest absolute Gasteiger partial charge is 0.307 e. The Morgan fingerprint density at radius 1 is 1.09 bits per heavy atom. The van der Waals surface area contributed by atoms with Crippen molar-refractivity contribution in [1.82, 2.24) is 9.29 Å². The number of Topliss-reactive ketones (excluding diaryl/α,β-unsaturated/α-hetero) is 1. The zero-order chi connectivity index (χ0) is 25.5. The Bertz CT molecular complexity index is 1130. The number of nitrogens with zero attached hydrogens (tertiary/aromatic N) is 1. The van der Waals surface area contributed by atoms with Crippen molar-refractivity contribution in [2.45, 2.75) is 58.9 Å². The van der Waals surface area contributed by atoms with Gasteiger partial charge in [0.25, 0.3) is 0 Å². The van der Waals surface area contributed by atoms with Crippen LogP contribution in [0.3, 0.4) is 0 Å². The highest BCUT2D eigenvalue weighted by molar-refractivity contribution is 7.89. The van der Waals surface area contributed by atoms with Crippen molar-refractivity contribution in [3.63, 3.8) is 0 Å². The van der Waals surface area contributed by atoms with Gasteiger partial charge in [0.05, 0.1) is 11.3 Å². The summed E-state index contributed by atoms with van der Waals surface area (Å²) in [4.78, 5) is 35.6. The molecule has 1 amide bonds. The fourth-order valence-corrected chi connectivity index (χ4v) is 4.43. The first-order chi connectivity index (χ1) is 15.9. The lowest BCUT2D eigenvalue weighted by Gasteiger charge is -2.11. The van der Waals surface area contributed by atoms with E-state index in [-0.39, 0.29) is 29.6 Å². The van der Waals surface area contributed by atoms with E-state index in [4.69, 9.17) is 4.74 Å². The highest BCUT2D eigenvalue weighted by Crippen LogP contribution is 2.18. The second-order valence-electron chi connectivity index (χ2n) is 8.56. The Hall–Kier alpha value is -2.98. The number of hydrogen-bond acceptors (Lipinski definition) is 6. The van der Waals surface area contributed by atoms with E-state index in [1.807, 2.05) is 13.8 Å². The van der Waals surface area contributed by atoms with E-state index < -0.39 is 22.6 Å². The molecule has 0 aliphatic rings. The minimum absolute atomic E-state index is 0.00188. The zero-order valence-corrected chi connectivity index (χ0v) is 21.1. The molecule has 1 heterocycles. The number of nitrogens with one attached hydrogen (secondary N) is 2. The van der Waals surface area contributed by atoms with Crippen LogP contribution in [0.15, 0.2) is 35.2 Å². The van der Waals surface area contributed by atoms with E-state index in [1.54, 1.807) is 6.07 Å². The lowest BCUT2D eigenvalue weighted by atomic mass is 10.1. The molecule has 0 saturated carbocycles. The maximum atomic E-state index is 12.6. The highest BCUT2D eigenvalue weighted by Gasteiger charge is 2.18. The third-order valence-corrected chi connectivity index (χ3v) is 6.75. The maximum absolute atomic E-state index is 12.6. The second kappa shape index (κ2) is 11.9. The molecule has 1 aromatic heterocycles. The molecule has 0 radical (unpaired) electrons. The van der Waals surface area contributed by atoms with E-state index in [0.717, 1.165) is 24.4 Å². The molecule has 10 heteroatoms. The molecule has 186 valence electrons. The van der Waals surface area contributed by atoms with Gasteiger partial charge in [-0.2, -0.15) is 0 Å². The van der Waals surface area contributed by atoms with Gasteiger partial charge in [-0.1, -0.05) is 13.8 Å². The third kappa shape index (κ3) is 7.81. The van der Waals surface area contributed by atoms with Crippen LogP contribution < -0.4 is 10.0 Å². The van der Waals surface area contributed by atoms with Gasteiger partial charge in [0.1, 0.15) is 0 Å². The molecule has 2 rings (SSSR count). The van der Waals surface area contributed by atoms with Crippen LogP contribution >= 0.6 is 0 Å². The summed E-state index contributed by atoms with van der Waals surface area (Å²) in [6.07, 6.45) is 0.776. The van der Waals surface area contributed by atoms with E-state index >= 15 is 0 Å². The number of anilines is 1. The molecule has 34 heavy (non-hydrogen) atoms. The molecule has 0 unspecified atom stereocenters. The third-order valence-electron chi connectivity index (χ3n) is 5.27. The average Bonchev–Trinajstić information content (AvgIpc) is 3.03. The van der Waals surface area contributed by atoms with Gasteiger partial charge in [0.2, 0.25) is 21.7 Å². The Morgan fingerprint density at radius 3 is 2.32 bits per heavy atom. The number of rotatable bonds is 12. The van der Waals surface area contributed by atoms with Gasteiger partial charge >= 0.3 is 5.97 Å². The van der Waals surface area contributed by atoms with E-state index in [2.05, 4.69) is 28.5 Å². The Balaban J connectivity index is 1.84. The topological polar surface area (TPSA) is 124 Å². The number of aromatic nitrogens is 1. The largest absolute Gasteiger partial charge is 0.457 e. The number of amides is 1. The first kappa shape index (κ1) is 27.3. The van der Waals surface area contributed by atoms with Crippen molar-refractivity contribution in [2.75, 3.05) is 18.5 Å². The van der Waals surface area contributed by atoms with Crippen LogP contribution in [0.1, 0.15) is 55.4 Å². The number of hydrogen-bond donors (Lipinski definition) is 2. The molecular formula is C24H33N3O6S. The normalized spacial score (nSPS) is 11.5. The van der Waals surface area contributed by atoms with Gasteiger partial charge in [0.15, 0.2) is 6.61 Å². The molecule has 0 saturated heterocycles. The second-order valence-corrected chi connectivity index (χ2v) is 10.3. The monoisotopic (exact) mass is 491 g/mol. The van der Waals surface area contributed by atoms with Crippen molar-refractivity contribution in [1.29, 1.82) is 0 Å². The number of aryl methyl sites for hydroxylation is 1. The highest BCUT2D eigenvalue weighted by atomic mass is 32.2. The quantitative estimate of drug-likeness (QED) is 0.347. The predicted octanol–water partition coefficient (Wildman–Crippen LogP) is 3.20. The lowest BCUT2D eigenvalue weighted by molar-refractivity contribution is -0.142. The summed E-state index contributed by atoms with van der Waals surface area (Å²) in [5.41, 5.74) is 2.82. The fourth-order valence-electron chi connectivity index (χ4n) is 3.40. The lowest BCUT2D eigenvalue weighted by Crippen LogP contribution is -2.27. The molecule has 0 bridgehead atoms. The molecule has 2 aromatic rings. The minimum atomic E-state index is -3.83. The molecule has 0 fully saturated rings. The molecular weight excluding hydrogens is 458 g/mol. The summed E-state index contributed by atoms with van der Waals surface area (Å²) >= 11 is 0. The Morgan fingerprint density at radius 2 is 1.74 bits per heavy atom. The maximum Gasteiger partial charge on any atom is 0.307 e.